The van der Waals surface area contributed by atoms with E-state index in [1.165, 1.54) is 12.7 Å². The summed E-state index contributed by atoms with van der Waals surface area (Å²) in [6.45, 7) is 18.0. The Kier molecular flexibility index (Phi) is 6.92. The normalized spacial score (nSPS) is 39.1. The lowest BCUT2D eigenvalue weighted by Gasteiger charge is -2.65. The van der Waals surface area contributed by atoms with Gasteiger partial charge in [-0.05, 0) is 91.4 Å². The van der Waals surface area contributed by atoms with Crippen LogP contribution in [0.1, 0.15) is 107 Å². The topological polar surface area (TPSA) is 67.2 Å². The summed E-state index contributed by atoms with van der Waals surface area (Å²) in [5, 5.41) is 9.97. The van der Waals surface area contributed by atoms with Crippen LogP contribution in [0, 0.1) is 62.1 Å². The van der Waals surface area contributed by atoms with Gasteiger partial charge in [0.1, 0.15) is 0 Å². The van der Waals surface area contributed by atoms with Gasteiger partial charge in [-0.1, -0.05) is 67.0 Å². The molecule has 37 heavy (non-hydrogen) atoms. The molecule has 4 heteroatoms. The summed E-state index contributed by atoms with van der Waals surface area (Å²) >= 11 is 0. The van der Waals surface area contributed by atoms with Crippen LogP contribution in [0.3, 0.4) is 0 Å². The van der Waals surface area contributed by atoms with Crippen LogP contribution >= 0.6 is 0 Å². The van der Waals surface area contributed by atoms with Gasteiger partial charge in [0.15, 0.2) is 5.78 Å². The summed E-state index contributed by atoms with van der Waals surface area (Å²) in [7, 11) is 1.51. The molecule has 4 rings (SSSR count). The fourth-order valence-corrected chi connectivity index (χ4v) is 8.95. The van der Waals surface area contributed by atoms with Crippen molar-refractivity contribution in [3.8, 4) is 6.07 Å². The van der Waals surface area contributed by atoms with E-state index in [4.69, 9.17) is 4.74 Å². The van der Waals surface area contributed by atoms with E-state index in [1.807, 2.05) is 6.08 Å². The molecule has 0 aliphatic heterocycles. The molecule has 3 saturated carbocycles. The number of nitriles is 1. The number of carbonyl (C=O) groups excluding carboxylic acids is 2. The summed E-state index contributed by atoms with van der Waals surface area (Å²) in [6, 6.07) is 2.47. The van der Waals surface area contributed by atoms with E-state index in [1.54, 1.807) is 0 Å². The predicted octanol–water partition coefficient (Wildman–Crippen LogP) is 7.84. The summed E-state index contributed by atoms with van der Waals surface area (Å²) < 4.78 is 5.43. The third kappa shape index (κ3) is 4.06. The molecule has 4 nitrogen and oxygen atoms in total. The van der Waals surface area contributed by atoms with Gasteiger partial charge in [-0.15, -0.1) is 0 Å². The number of ketones is 1. The molecule has 0 N–H and O–H groups in total. The number of esters is 1. The lowest BCUT2D eigenvalue weighted by Crippen LogP contribution is -2.63. The fraction of sp³-hybridized carbons (Fsp3) is 0.788. The monoisotopic (exact) mass is 507 g/mol. The zero-order chi connectivity index (χ0) is 27.6. The molecule has 4 aliphatic rings. The first kappa shape index (κ1) is 28.1. The number of nitrogens with zero attached hydrogens (tertiary/aromatic N) is 1. The SMILES string of the molecule is CCC1(C)C(C(C)(C=C(C#N)C(C)C)C2CC2)=CC(=O)C2C3CC(C)(C)CCC3(C(=O)OC)CCC21C. The van der Waals surface area contributed by atoms with Crippen LogP contribution < -0.4 is 0 Å². The van der Waals surface area contributed by atoms with Crippen LogP contribution in [0.4, 0.5) is 0 Å². The minimum absolute atomic E-state index is 0.00770. The van der Waals surface area contributed by atoms with Crippen molar-refractivity contribution >= 4 is 11.8 Å². The van der Waals surface area contributed by atoms with Crippen molar-refractivity contribution in [2.45, 2.75) is 107 Å². The van der Waals surface area contributed by atoms with Gasteiger partial charge in [0, 0.05) is 16.9 Å². The van der Waals surface area contributed by atoms with E-state index in [9.17, 15) is 14.9 Å². The number of ether oxygens (including phenoxy) is 1. The molecule has 0 aromatic rings. The largest absolute Gasteiger partial charge is 0.469 e. The van der Waals surface area contributed by atoms with Crippen LogP contribution in [0.25, 0.3) is 0 Å². The Bertz CT molecular complexity index is 1070. The van der Waals surface area contributed by atoms with Crippen LogP contribution in [-0.4, -0.2) is 18.9 Å². The minimum Gasteiger partial charge on any atom is -0.469 e. The van der Waals surface area contributed by atoms with Gasteiger partial charge in [0.25, 0.3) is 0 Å². The van der Waals surface area contributed by atoms with Crippen molar-refractivity contribution in [3.63, 3.8) is 0 Å². The van der Waals surface area contributed by atoms with Crippen LogP contribution in [-0.2, 0) is 14.3 Å². The molecule has 0 amide bonds. The number of rotatable bonds is 6. The van der Waals surface area contributed by atoms with Crippen molar-refractivity contribution in [2.24, 2.45) is 50.7 Å². The van der Waals surface area contributed by atoms with Gasteiger partial charge < -0.3 is 4.74 Å². The number of allylic oxidation sites excluding steroid dienone is 4. The zero-order valence-electron chi connectivity index (χ0n) is 24.8. The minimum atomic E-state index is -0.560. The highest BCUT2D eigenvalue weighted by Gasteiger charge is 2.68. The standard InChI is InChI=1S/C33H49NO3/c1-10-31(7)26(30(6,23-11-12-23)18-22(20-34)21(2)3)17-25(35)27-24-19-29(4,5)13-15-33(24,28(36)37-9)16-14-32(27,31)8/h17-18,21,23-24,27H,10-16,19H2,1-9H3. The molecule has 0 spiro atoms. The third-order valence-electron chi connectivity index (χ3n) is 11.9. The number of methoxy groups -OCH3 is 1. The highest BCUT2D eigenvalue weighted by atomic mass is 16.5. The zero-order valence-corrected chi connectivity index (χ0v) is 24.8. The smallest absolute Gasteiger partial charge is 0.312 e. The maximum Gasteiger partial charge on any atom is 0.312 e. The molecule has 0 aromatic heterocycles. The average Bonchev–Trinajstić information content (AvgIpc) is 3.69. The molecule has 0 bridgehead atoms. The Hall–Kier alpha value is -1.89. The first-order valence-electron chi connectivity index (χ1n) is 14.6. The van der Waals surface area contributed by atoms with Crippen molar-refractivity contribution in [1.82, 2.24) is 0 Å². The molecule has 0 heterocycles. The van der Waals surface area contributed by atoms with Crippen molar-refractivity contribution in [3.05, 3.63) is 23.3 Å². The van der Waals surface area contributed by atoms with Gasteiger partial charge in [-0.25, -0.2) is 0 Å². The van der Waals surface area contributed by atoms with Crippen LogP contribution in [0.2, 0.25) is 0 Å². The second-order valence-electron chi connectivity index (χ2n) is 14.6. The Balaban J connectivity index is 1.92. The third-order valence-corrected chi connectivity index (χ3v) is 11.9. The van der Waals surface area contributed by atoms with E-state index >= 15 is 0 Å². The molecule has 4 aliphatic carbocycles. The molecule has 6 atom stereocenters. The summed E-state index contributed by atoms with van der Waals surface area (Å²) in [5.41, 5.74) is 0.798. The molecule has 6 unspecified atom stereocenters. The first-order chi connectivity index (χ1) is 17.2. The van der Waals surface area contributed by atoms with E-state index in [-0.39, 0.29) is 51.2 Å². The summed E-state index contributed by atoms with van der Waals surface area (Å²) in [4.78, 5) is 27.8. The lowest BCUT2D eigenvalue weighted by molar-refractivity contribution is -0.188. The second kappa shape index (κ2) is 9.10. The van der Waals surface area contributed by atoms with Gasteiger partial charge in [-0.2, -0.15) is 5.26 Å². The molecule has 204 valence electrons. The number of hydrogen-bond acceptors (Lipinski definition) is 4. The summed E-state index contributed by atoms with van der Waals surface area (Å²) in [5.74, 6) is 0.498. The highest BCUT2D eigenvalue weighted by Crippen LogP contribution is 2.72. The van der Waals surface area contributed by atoms with Crippen molar-refractivity contribution in [2.75, 3.05) is 7.11 Å². The van der Waals surface area contributed by atoms with Gasteiger partial charge in [0.05, 0.1) is 18.6 Å². The Morgan fingerprint density at radius 1 is 1.19 bits per heavy atom. The van der Waals surface area contributed by atoms with Crippen molar-refractivity contribution in [1.29, 1.82) is 5.26 Å². The predicted molar refractivity (Wildman–Crippen MR) is 147 cm³/mol. The van der Waals surface area contributed by atoms with E-state index in [2.05, 4.69) is 67.5 Å². The first-order valence-corrected chi connectivity index (χ1v) is 14.6. The molecule has 0 saturated heterocycles. The Labute approximate surface area is 225 Å². The molecule has 3 fully saturated rings. The molecule has 0 radical (unpaired) electrons. The van der Waals surface area contributed by atoms with Crippen LogP contribution in [0.15, 0.2) is 23.3 Å². The maximum atomic E-state index is 14.4. The molecular formula is C33H49NO3. The number of hydrogen-bond donors (Lipinski definition) is 0. The second-order valence-corrected chi connectivity index (χ2v) is 14.6. The Morgan fingerprint density at radius 3 is 2.32 bits per heavy atom. The average molecular weight is 508 g/mol. The van der Waals surface area contributed by atoms with E-state index < -0.39 is 5.41 Å². The summed E-state index contributed by atoms with van der Waals surface area (Å²) in [6.07, 6.45) is 11.7. The highest BCUT2D eigenvalue weighted by molar-refractivity contribution is 5.96. The van der Waals surface area contributed by atoms with Crippen molar-refractivity contribution < 1.29 is 14.3 Å². The number of carbonyl (C=O) groups is 2. The van der Waals surface area contributed by atoms with Gasteiger partial charge in [0.2, 0.25) is 0 Å². The Morgan fingerprint density at radius 2 is 1.81 bits per heavy atom. The van der Waals surface area contributed by atoms with E-state index in [0.29, 0.717) is 5.92 Å². The van der Waals surface area contributed by atoms with E-state index in [0.717, 1.165) is 56.9 Å². The fourth-order valence-electron chi connectivity index (χ4n) is 8.95. The molecule has 0 aromatic carbocycles. The van der Waals surface area contributed by atoms with Gasteiger partial charge >= 0.3 is 5.97 Å². The van der Waals surface area contributed by atoms with Gasteiger partial charge in [-0.3, -0.25) is 9.59 Å². The quantitative estimate of drug-likeness (QED) is 0.271. The van der Waals surface area contributed by atoms with Crippen LogP contribution in [0.5, 0.6) is 0 Å². The number of fused-ring (bicyclic) bond motifs is 3. The lowest BCUT2D eigenvalue weighted by atomic mass is 9.37. The maximum absolute atomic E-state index is 14.4. The molecular weight excluding hydrogens is 458 g/mol.